The van der Waals surface area contributed by atoms with Crippen LogP contribution in [0.4, 0.5) is 5.69 Å². The minimum Gasteiger partial charge on any atom is -0.318 e. The van der Waals surface area contributed by atoms with E-state index in [0.29, 0.717) is 27.0 Å². The summed E-state index contributed by atoms with van der Waals surface area (Å²) in [5.74, 6) is -0.156. The topological polar surface area (TPSA) is 37.4 Å². The van der Waals surface area contributed by atoms with Gasteiger partial charge in [-0.15, -0.1) is 0 Å². The molecule has 2 aromatic carbocycles. The summed E-state index contributed by atoms with van der Waals surface area (Å²) in [4.78, 5) is 24.5. The van der Waals surface area contributed by atoms with E-state index in [1.165, 1.54) is 4.90 Å². The van der Waals surface area contributed by atoms with Crippen molar-refractivity contribution in [2.45, 2.75) is 0 Å². The fraction of sp³-hybridized carbons (Fsp3) is 0.0667. The van der Waals surface area contributed by atoms with Crippen molar-refractivity contribution in [3.05, 3.63) is 63.1 Å². The van der Waals surface area contributed by atoms with Crippen molar-refractivity contribution in [2.75, 3.05) is 11.9 Å². The highest BCUT2D eigenvalue weighted by molar-refractivity contribution is 9.10. The maximum Gasteiger partial charge on any atom is 0.213 e. The Morgan fingerprint density at radius 1 is 1.20 bits per heavy atom. The lowest BCUT2D eigenvalue weighted by Gasteiger charge is -2.11. The number of hydrogen-bond donors (Lipinski definition) is 0. The van der Waals surface area contributed by atoms with Gasteiger partial charge in [-0.2, -0.15) is 0 Å². The molecule has 0 aliphatic rings. The Morgan fingerprint density at radius 3 is 2.45 bits per heavy atom. The zero-order chi connectivity index (χ0) is 14.7. The van der Waals surface area contributed by atoms with Crippen LogP contribution in [0.3, 0.4) is 0 Å². The number of anilines is 1. The SMILES string of the molecule is CN(C=O)c1ccc(C(=O)c2cccc(Br)c2Cl)cc1. The fourth-order valence-corrected chi connectivity index (χ4v) is 2.32. The molecule has 3 nitrogen and oxygen atoms in total. The first-order valence-electron chi connectivity index (χ1n) is 5.81. The van der Waals surface area contributed by atoms with Crippen LogP contribution in [0.25, 0.3) is 0 Å². The molecule has 2 aromatic rings. The van der Waals surface area contributed by atoms with Gasteiger partial charge in [-0.1, -0.05) is 17.7 Å². The van der Waals surface area contributed by atoms with E-state index in [1.807, 2.05) is 0 Å². The lowest BCUT2D eigenvalue weighted by Crippen LogP contribution is -2.13. The molecule has 0 saturated carbocycles. The number of halogens is 2. The predicted octanol–water partition coefficient (Wildman–Crippen LogP) is 3.93. The molecule has 5 heteroatoms. The number of amides is 1. The van der Waals surface area contributed by atoms with Crippen LogP contribution in [0.15, 0.2) is 46.9 Å². The maximum atomic E-state index is 12.4. The van der Waals surface area contributed by atoms with Crippen molar-refractivity contribution >= 4 is 45.4 Å². The molecule has 0 saturated heterocycles. The summed E-state index contributed by atoms with van der Waals surface area (Å²) < 4.78 is 0.683. The van der Waals surface area contributed by atoms with Crippen LogP contribution >= 0.6 is 27.5 Å². The summed E-state index contributed by atoms with van der Waals surface area (Å²) in [5, 5.41) is 0.395. The molecule has 0 heterocycles. The van der Waals surface area contributed by atoms with Crippen molar-refractivity contribution in [3.8, 4) is 0 Å². The second-order valence-electron chi connectivity index (χ2n) is 4.19. The van der Waals surface area contributed by atoms with E-state index in [1.54, 1.807) is 49.5 Å². The number of ketones is 1. The minimum absolute atomic E-state index is 0.156. The number of benzene rings is 2. The fourth-order valence-electron chi connectivity index (χ4n) is 1.74. The van der Waals surface area contributed by atoms with Crippen LogP contribution in [-0.4, -0.2) is 19.2 Å². The highest BCUT2D eigenvalue weighted by Crippen LogP contribution is 2.28. The van der Waals surface area contributed by atoms with Crippen LogP contribution < -0.4 is 4.90 Å². The molecular weight excluding hydrogens is 342 g/mol. The normalized spacial score (nSPS) is 10.2. The third-order valence-electron chi connectivity index (χ3n) is 2.89. The lowest BCUT2D eigenvalue weighted by molar-refractivity contribution is -0.107. The highest BCUT2D eigenvalue weighted by atomic mass is 79.9. The van der Waals surface area contributed by atoms with Crippen LogP contribution in [0.2, 0.25) is 5.02 Å². The number of rotatable bonds is 4. The average Bonchev–Trinajstić information content (AvgIpc) is 2.48. The van der Waals surface area contributed by atoms with E-state index in [9.17, 15) is 9.59 Å². The largest absolute Gasteiger partial charge is 0.318 e. The number of carbonyl (C=O) groups excluding carboxylic acids is 2. The number of hydrogen-bond acceptors (Lipinski definition) is 2. The average molecular weight is 353 g/mol. The van der Waals surface area contributed by atoms with Crippen molar-refractivity contribution in [3.63, 3.8) is 0 Å². The first-order chi connectivity index (χ1) is 9.54. The van der Waals surface area contributed by atoms with E-state index in [2.05, 4.69) is 15.9 Å². The molecule has 0 bridgehead atoms. The van der Waals surface area contributed by atoms with Gasteiger partial charge in [-0.25, -0.2) is 0 Å². The summed E-state index contributed by atoms with van der Waals surface area (Å²) in [7, 11) is 1.65. The molecule has 2 rings (SSSR count). The van der Waals surface area contributed by atoms with Crippen molar-refractivity contribution in [1.29, 1.82) is 0 Å². The van der Waals surface area contributed by atoms with Crippen molar-refractivity contribution < 1.29 is 9.59 Å². The van der Waals surface area contributed by atoms with Gasteiger partial charge >= 0.3 is 0 Å². The molecule has 0 spiro atoms. The Morgan fingerprint density at radius 2 is 1.85 bits per heavy atom. The third-order valence-corrected chi connectivity index (χ3v) is 4.19. The van der Waals surface area contributed by atoms with Gasteiger partial charge in [0.05, 0.1) is 5.02 Å². The van der Waals surface area contributed by atoms with Gasteiger partial charge in [0.15, 0.2) is 5.78 Å². The van der Waals surface area contributed by atoms with E-state index < -0.39 is 0 Å². The quantitative estimate of drug-likeness (QED) is 0.617. The summed E-state index contributed by atoms with van der Waals surface area (Å²) in [6, 6.07) is 12.0. The Kier molecular flexibility index (Phi) is 4.57. The summed E-state index contributed by atoms with van der Waals surface area (Å²) >= 11 is 9.42. The van der Waals surface area contributed by atoms with Gasteiger partial charge in [0.2, 0.25) is 6.41 Å². The zero-order valence-corrected chi connectivity index (χ0v) is 13.0. The summed E-state index contributed by atoms with van der Waals surface area (Å²) in [6.07, 6.45) is 0.710. The van der Waals surface area contributed by atoms with E-state index in [0.717, 1.165) is 5.69 Å². The van der Waals surface area contributed by atoms with Crippen LogP contribution in [-0.2, 0) is 4.79 Å². The molecule has 20 heavy (non-hydrogen) atoms. The molecule has 0 N–H and O–H groups in total. The molecule has 0 aliphatic heterocycles. The van der Waals surface area contributed by atoms with Crippen LogP contribution in [0.5, 0.6) is 0 Å². The Bertz CT molecular complexity index is 655. The molecule has 0 radical (unpaired) electrons. The summed E-state index contributed by atoms with van der Waals surface area (Å²) in [5.41, 5.74) is 1.68. The Labute approximate surface area is 130 Å². The molecular formula is C15H11BrClNO2. The van der Waals surface area contributed by atoms with Crippen LogP contribution in [0.1, 0.15) is 15.9 Å². The predicted molar refractivity (Wildman–Crippen MR) is 83.5 cm³/mol. The van der Waals surface area contributed by atoms with Crippen molar-refractivity contribution in [2.24, 2.45) is 0 Å². The second kappa shape index (κ2) is 6.20. The monoisotopic (exact) mass is 351 g/mol. The first kappa shape index (κ1) is 14.8. The maximum absolute atomic E-state index is 12.4. The molecule has 0 atom stereocenters. The number of nitrogens with zero attached hydrogens (tertiary/aromatic N) is 1. The second-order valence-corrected chi connectivity index (χ2v) is 5.43. The minimum atomic E-state index is -0.156. The van der Waals surface area contributed by atoms with Gasteiger partial charge in [-0.3, -0.25) is 9.59 Å². The standard InChI is InChI=1S/C15H11BrClNO2/c1-18(9-19)11-7-5-10(6-8-11)15(20)12-3-2-4-13(16)14(12)17/h2-9H,1H3. The lowest BCUT2D eigenvalue weighted by atomic mass is 10.0. The smallest absolute Gasteiger partial charge is 0.213 e. The van der Waals surface area contributed by atoms with Gasteiger partial charge in [-0.05, 0) is 52.3 Å². The Balaban J connectivity index is 2.34. The molecule has 1 amide bonds. The van der Waals surface area contributed by atoms with Crippen LogP contribution in [0, 0.1) is 0 Å². The molecule has 0 aliphatic carbocycles. The van der Waals surface area contributed by atoms with Gasteiger partial charge in [0.1, 0.15) is 0 Å². The van der Waals surface area contributed by atoms with E-state index >= 15 is 0 Å². The molecule has 0 unspecified atom stereocenters. The van der Waals surface area contributed by atoms with Crippen molar-refractivity contribution in [1.82, 2.24) is 0 Å². The Hall–Kier alpha value is -1.65. The van der Waals surface area contributed by atoms with E-state index in [4.69, 9.17) is 11.6 Å². The van der Waals surface area contributed by atoms with E-state index in [-0.39, 0.29) is 5.78 Å². The highest BCUT2D eigenvalue weighted by Gasteiger charge is 2.14. The first-order valence-corrected chi connectivity index (χ1v) is 6.98. The van der Waals surface area contributed by atoms with Gasteiger partial charge in [0.25, 0.3) is 0 Å². The molecule has 102 valence electrons. The number of carbonyl (C=O) groups is 2. The molecule has 0 fully saturated rings. The molecule has 0 aromatic heterocycles. The summed E-state index contributed by atoms with van der Waals surface area (Å²) in [6.45, 7) is 0. The van der Waals surface area contributed by atoms with Gasteiger partial charge < -0.3 is 4.90 Å². The third kappa shape index (κ3) is 2.92. The zero-order valence-electron chi connectivity index (χ0n) is 10.6. The van der Waals surface area contributed by atoms with Gasteiger partial charge in [0, 0.05) is 28.3 Å².